The summed E-state index contributed by atoms with van der Waals surface area (Å²) in [4.78, 5) is 8.62. The van der Waals surface area contributed by atoms with Crippen LogP contribution in [0, 0.1) is 5.82 Å². The Hall–Kier alpha value is -2.81. The number of hydrogen-bond donors (Lipinski definition) is 2. The summed E-state index contributed by atoms with van der Waals surface area (Å²) in [6.45, 7) is 0. The van der Waals surface area contributed by atoms with Crippen molar-refractivity contribution in [2.75, 3.05) is 0 Å². The van der Waals surface area contributed by atoms with Crippen LogP contribution in [-0.2, 0) is 12.6 Å². The van der Waals surface area contributed by atoms with Crippen molar-refractivity contribution in [1.82, 2.24) is 4.98 Å². The van der Waals surface area contributed by atoms with Crippen molar-refractivity contribution in [3.05, 3.63) is 59.0 Å². The second kappa shape index (κ2) is 8.05. The SMILES string of the molecule is N/N=C1\C(=Nc2cc(Cc3cc(F)cc(C(F)(F)F)c3)ccn2)CCCC1N. The molecule has 2 aromatic rings. The quantitative estimate of drug-likeness (QED) is 0.473. The van der Waals surface area contributed by atoms with E-state index in [1.165, 1.54) is 6.20 Å². The molecule has 3 rings (SSSR count). The highest BCUT2D eigenvalue weighted by Crippen LogP contribution is 2.31. The van der Waals surface area contributed by atoms with Gasteiger partial charge < -0.3 is 11.6 Å². The molecule has 1 aromatic heterocycles. The summed E-state index contributed by atoms with van der Waals surface area (Å²) < 4.78 is 52.3. The Morgan fingerprint density at radius 2 is 1.93 bits per heavy atom. The number of nitrogens with two attached hydrogens (primary N) is 2. The Labute approximate surface area is 159 Å². The number of halogens is 4. The molecule has 1 fully saturated rings. The van der Waals surface area contributed by atoms with Gasteiger partial charge in [-0.05, 0) is 67.1 Å². The summed E-state index contributed by atoms with van der Waals surface area (Å²) in [7, 11) is 0. The van der Waals surface area contributed by atoms with Gasteiger partial charge in [-0.2, -0.15) is 18.3 Å². The van der Waals surface area contributed by atoms with Crippen molar-refractivity contribution in [1.29, 1.82) is 0 Å². The van der Waals surface area contributed by atoms with Gasteiger partial charge in [0, 0.05) is 6.20 Å². The van der Waals surface area contributed by atoms with Crippen molar-refractivity contribution in [2.45, 2.75) is 37.9 Å². The molecule has 28 heavy (non-hydrogen) atoms. The zero-order valence-corrected chi connectivity index (χ0v) is 14.9. The number of benzene rings is 1. The van der Waals surface area contributed by atoms with Crippen LogP contribution in [0.15, 0.2) is 46.6 Å². The smallest absolute Gasteiger partial charge is 0.323 e. The molecule has 4 N–H and O–H groups in total. The average molecular weight is 393 g/mol. The maximum Gasteiger partial charge on any atom is 0.416 e. The van der Waals surface area contributed by atoms with E-state index in [0.717, 1.165) is 25.0 Å². The van der Waals surface area contributed by atoms with Crippen molar-refractivity contribution >= 4 is 17.2 Å². The number of pyridine rings is 1. The highest BCUT2D eigenvalue weighted by molar-refractivity contribution is 6.45. The lowest BCUT2D eigenvalue weighted by molar-refractivity contribution is -0.137. The van der Waals surface area contributed by atoms with Crippen molar-refractivity contribution < 1.29 is 17.6 Å². The highest BCUT2D eigenvalue weighted by atomic mass is 19.4. The van der Waals surface area contributed by atoms with Gasteiger partial charge in [-0.1, -0.05) is 0 Å². The summed E-state index contributed by atoms with van der Waals surface area (Å²) in [6, 6.07) is 5.50. The van der Waals surface area contributed by atoms with E-state index >= 15 is 0 Å². The largest absolute Gasteiger partial charge is 0.416 e. The Kier molecular flexibility index (Phi) is 5.73. The Morgan fingerprint density at radius 3 is 2.64 bits per heavy atom. The molecule has 0 bridgehead atoms. The van der Waals surface area contributed by atoms with Gasteiger partial charge in [-0.25, -0.2) is 14.4 Å². The number of rotatable bonds is 3. The topological polar surface area (TPSA) is 89.6 Å². The Morgan fingerprint density at radius 1 is 1.14 bits per heavy atom. The lowest BCUT2D eigenvalue weighted by Gasteiger charge is -2.21. The molecule has 0 radical (unpaired) electrons. The van der Waals surface area contributed by atoms with E-state index < -0.39 is 17.6 Å². The number of alkyl halides is 3. The van der Waals surface area contributed by atoms with Crippen LogP contribution < -0.4 is 11.6 Å². The number of hydrazone groups is 1. The van der Waals surface area contributed by atoms with Crippen molar-refractivity contribution in [3.8, 4) is 0 Å². The summed E-state index contributed by atoms with van der Waals surface area (Å²) in [5.74, 6) is 4.85. The first-order valence-corrected chi connectivity index (χ1v) is 8.69. The monoisotopic (exact) mass is 393 g/mol. The van der Waals surface area contributed by atoms with E-state index in [4.69, 9.17) is 11.6 Å². The molecule has 1 atom stereocenters. The van der Waals surface area contributed by atoms with Gasteiger partial charge in [0.2, 0.25) is 0 Å². The Bertz CT molecular complexity index is 921. The van der Waals surface area contributed by atoms with Crippen LogP contribution in [0.5, 0.6) is 0 Å². The third-order valence-electron chi connectivity index (χ3n) is 4.47. The van der Waals surface area contributed by atoms with Gasteiger partial charge in [0.1, 0.15) is 5.82 Å². The predicted molar refractivity (Wildman–Crippen MR) is 99.0 cm³/mol. The number of aromatic nitrogens is 1. The zero-order chi connectivity index (χ0) is 20.3. The molecule has 1 saturated carbocycles. The van der Waals surface area contributed by atoms with Gasteiger partial charge in [-0.3, -0.25) is 0 Å². The molecule has 9 heteroatoms. The van der Waals surface area contributed by atoms with Crippen LogP contribution >= 0.6 is 0 Å². The molecular weight excluding hydrogens is 374 g/mol. The molecule has 148 valence electrons. The van der Waals surface area contributed by atoms with E-state index in [2.05, 4.69) is 15.1 Å². The highest BCUT2D eigenvalue weighted by Gasteiger charge is 2.31. The van der Waals surface area contributed by atoms with Crippen molar-refractivity contribution in [2.24, 2.45) is 21.7 Å². The lowest BCUT2D eigenvalue weighted by Crippen LogP contribution is -2.40. The fourth-order valence-corrected chi connectivity index (χ4v) is 3.17. The van der Waals surface area contributed by atoms with E-state index in [0.29, 0.717) is 35.3 Å². The van der Waals surface area contributed by atoms with Crippen LogP contribution in [-0.4, -0.2) is 22.4 Å². The number of aliphatic imine (C=N–C) groups is 1. The van der Waals surface area contributed by atoms with E-state index in [1.807, 2.05) is 0 Å². The summed E-state index contributed by atoms with van der Waals surface area (Å²) >= 11 is 0. The maximum atomic E-state index is 13.6. The van der Waals surface area contributed by atoms with E-state index in [-0.39, 0.29) is 18.0 Å². The normalized spacial score (nSPS) is 20.7. The first-order chi connectivity index (χ1) is 13.3. The second-order valence-corrected chi connectivity index (χ2v) is 6.62. The first kappa shape index (κ1) is 19.9. The van der Waals surface area contributed by atoms with Gasteiger partial charge in [0.05, 0.1) is 23.0 Å². The Balaban J connectivity index is 1.87. The summed E-state index contributed by atoms with van der Waals surface area (Å²) in [6.07, 6.45) is -0.719. The standard InChI is InChI=1S/C19H19F4N5/c20-14-8-12(7-13(10-14)19(21,22)23)6-11-4-5-26-17(9-11)27-16-3-1-2-15(24)18(16)28-25/h4-5,7-10,15H,1-3,6,24-25H2/b27-16?,28-18-. The number of hydrogen-bond acceptors (Lipinski definition) is 5. The van der Waals surface area contributed by atoms with Gasteiger partial charge >= 0.3 is 6.18 Å². The van der Waals surface area contributed by atoms with Crippen LogP contribution in [0.2, 0.25) is 0 Å². The molecule has 5 nitrogen and oxygen atoms in total. The van der Waals surface area contributed by atoms with Crippen LogP contribution in [0.25, 0.3) is 0 Å². The third kappa shape index (κ3) is 4.72. The van der Waals surface area contributed by atoms with E-state index in [1.54, 1.807) is 12.1 Å². The minimum absolute atomic E-state index is 0.110. The van der Waals surface area contributed by atoms with Crippen LogP contribution in [0.1, 0.15) is 36.0 Å². The molecule has 0 saturated heterocycles. The van der Waals surface area contributed by atoms with Gasteiger partial charge in [0.15, 0.2) is 5.82 Å². The zero-order valence-electron chi connectivity index (χ0n) is 14.9. The number of nitrogens with zero attached hydrogens (tertiary/aromatic N) is 3. The second-order valence-electron chi connectivity index (χ2n) is 6.62. The molecule has 1 aliphatic rings. The van der Waals surface area contributed by atoms with Crippen molar-refractivity contribution in [3.63, 3.8) is 0 Å². The molecular formula is C19H19F4N5. The predicted octanol–water partition coefficient (Wildman–Crippen LogP) is 3.73. The lowest BCUT2D eigenvalue weighted by atomic mass is 9.92. The summed E-state index contributed by atoms with van der Waals surface area (Å²) in [5.41, 5.74) is 7.01. The maximum absolute atomic E-state index is 13.6. The fourth-order valence-electron chi connectivity index (χ4n) is 3.17. The van der Waals surface area contributed by atoms with Gasteiger partial charge in [0.25, 0.3) is 0 Å². The molecule has 0 spiro atoms. The summed E-state index contributed by atoms with van der Waals surface area (Å²) in [5, 5.41) is 3.72. The van der Waals surface area contributed by atoms with Crippen LogP contribution in [0.4, 0.5) is 23.4 Å². The molecule has 0 aliphatic heterocycles. The average Bonchev–Trinajstić information content (AvgIpc) is 2.61. The van der Waals surface area contributed by atoms with Gasteiger partial charge in [-0.15, -0.1) is 0 Å². The first-order valence-electron chi connectivity index (χ1n) is 8.69. The van der Waals surface area contributed by atoms with Crippen LogP contribution in [0.3, 0.4) is 0 Å². The third-order valence-corrected chi connectivity index (χ3v) is 4.47. The molecule has 0 amide bonds. The minimum atomic E-state index is -4.61. The molecule has 1 aliphatic carbocycles. The molecule has 1 aromatic carbocycles. The van der Waals surface area contributed by atoms with E-state index in [9.17, 15) is 17.6 Å². The fraction of sp³-hybridized carbons (Fsp3) is 0.316. The molecule has 1 heterocycles. The molecule has 1 unspecified atom stereocenters. The minimum Gasteiger partial charge on any atom is -0.323 e.